The lowest BCUT2D eigenvalue weighted by atomic mass is 10.1. The second kappa shape index (κ2) is 4.73. The number of benzene rings is 1. The average Bonchev–Trinajstić information content (AvgIpc) is 2.69. The van der Waals surface area contributed by atoms with Crippen molar-refractivity contribution in [2.24, 2.45) is 5.92 Å². The lowest BCUT2D eigenvalue weighted by Crippen LogP contribution is -2.25. The molecule has 96 valence electrons. The molecule has 1 saturated heterocycles. The number of carbonyl (C=O) groups excluding carboxylic acids is 1. The van der Waals surface area contributed by atoms with Crippen molar-refractivity contribution in [1.29, 1.82) is 0 Å². The van der Waals surface area contributed by atoms with Crippen LogP contribution in [0.2, 0.25) is 0 Å². The second-order valence-electron chi connectivity index (χ2n) is 4.26. The van der Waals surface area contributed by atoms with Crippen LogP contribution < -0.4 is 4.90 Å². The fourth-order valence-corrected chi connectivity index (χ4v) is 2.01. The average molecular weight is 253 g/mol. The van der Waals surface area contributed by atoms with Crippen LogP contribution in [0.1, 0.15) is 16.8 Å². The van der Waals surface area contributed by atoms with Gasteiger partial charge in [-0.05, 0) is 18.2 Å². The van der Waals surface area contributed by atoms with Crippen LogP contribution in [0.25, 0.3) is 0 Å². The minimum absolute atomic E-state index is 0.122. The van der Waals surface area contributed by atoms with Gasteiger partial charge in [-0.1, -0.05) is 0 Å². The van der Waals surface area contributed by atoms with Crippen LogP contribution in [-0.2, 0) is 4.79 Å². The third kappa shape index (κ3) is 2.33. The number of carbonyl (C=O) groups is 2. The first-order chi connectivity index (χ1) is 8.51. The molecule has 1 unspecified atom stereocenters. The lowest BCUT2D eigenvalue weighted by Gasteiger charge is -2.17. The number of rotatable bonds is 3. The number of carboxylic acids is 1. The Morgan fingerprint density at radius 1 is 1.44 bits per heavy atom. The molecule has 0 radical (unpaired) electrons. The van der Waals surface area contributed by atoms with Crippen LogP contribution in [0.3, 0.4) is 0 Å². The molecule has 0 aromatic heterocycles. The Morgan fingerprint density at radius 2 is 2.17 bits per heavy atom. The first kappa shape index (κ1) is 12.5. The van der Waals surface area contributed by atoms with Gasteiger partial charge in [0.05, 0.1) is 5.56 Å². The molecule has 1 aliphatic heterocycles. The Morgan fingerprint density at radius 3 is 2.72 bits per heavy atom. The predicted molar refractivity (Wildman–Crippen MR) is 60.9 cm³/mol. The van der Waals surface area contributed by atoms with Crippen LogP contribution in [0.4, 0.5) is 10.1 Å². The van der Waals surface area contributed by atoms with E-state index in [1.54, 1.807) is 0 Å². The highest BCUT2D eigenvalue weighted by atomic mass is 19.1. The number of nitrogens with zero attached hydrogens (tertiary/aromatic N) is 1. The first-order valence-corrected chi connectivity index (χ1v) is 5.46. The molecule has 1 aliphatic rings. The summed E-state index contributed by atoms with van der Waals surface area (Å²) in [5.41, 5.74) is 0.0126. The Bertz CT molecular complexity index is 503. The summed E-state index contributed by atoms with van der Waals surface area (Å²) in [7, 11) is 0. The molecule has 1 aromatic rings. The van der Waals surface area contributed by atoms with Crippen molar-refractivity contribution < 1.29 is 24.2 Å². The molecule has 1 heterocycles. The van der Waals surface area contributed by atoms with Gasteiger partial charge >= 0.3 is 5.97 Å². The van der Waals surface area contributed by atoms with Crippen molar-refractivity contribution >= 4 is 17.6 Å². The highest BCUT2D eigenvalue weighted by Crippen LogP contribution is 2.26. The predicted octanol–water partition coefficient (Wildman–Crippen LogP) is 0.869. The number of carboxylic acid groups (broad SMARTS) is 1. The van der Waals surface area contributed by atoms with Crippen LogP contribution in [-0.4, -0.2) is 35.2 Å². The maximum absolute atomic E-state index is 13.3. The number of aliphatic hydroxyl groups excluding tert-OH is 1. The quantitative estimate of drug-likeness (QED) is 0.837. The van der Waals surface area contributed by atoms with Crippen molar-refractivity contribution in [1.82, 2.24) is 0 Å². The van der Waals surface area contributed by atoms with Gasteiger partial charge in [0.25, 0.3) is 0 Å². The van der Waals surface area contributed by atoms with Crippen molar-refractivity contribution in [3.63, 3.8) is 0 Å². The van der Waals surface area contributed by atoms with Gasteiger partial charge in [-0.15, -0.1) is 0 Å². The van der Waals surface area contributed by atoms with E-state index in [9.17, 15) is 14.0 Å². The summed E-state index contributed by atoms with van der Waals surface area (Å²) in [6.07, 6.45) is 0.190. The smallest absolute Gasteiger partial charge is 0.335 e. The zero-order valence-electron chi connectivity index (χ0n) is 9.47. The molecular formula is C12H12FNO4. The molecule has 1 atom stereocenters. The van der Waals surface area contributed by atoms with E-state index in [1.165, 1.54) is 11.0 Å². The number of anilines is 1. The van der Waals surface area contributed by atoms with Gasteiger partial charge in [-0.3, -0.25) is 4.79 Å². The van der Waals surface area contributed by atoms with E-state index >= 15 is 0 Å². The van der Waals surface area contributed by atoms with Gasteiger partial charge in [-0.2, -0.15) is 0 Å². The zero-order chi connectivity index (χ0) is 13.3. The molecule has 0 spiro atoms. The molecular weight excluding hydrogens is 241 g/mol. The monoisotopic (exact) mass is 253 g/mol. The van der Waals surface area contributed by atoms with E-state index in [2.05, 4.69) is 0 Å². The van der Waals surface area contributed by atoms with E-state index in [4.69, 9.17) is 10.2 Å². The van der Waals surface area contributed by atoms with E-state index < -0.39 is 11.8 Å². The number of amides is 1. The fourth-order valence-electron chi connectivity index (χ4n) is 2.01. The third-order valence-corrected chi connectivity index (χ3v) is 2.90. The number of aliphatic hydroxyl groups is 1. The maximum atomic E-state index is 13.3. The molecule has 18 heavy (non-hydrogen) atoms. The van der Waals surface area contributed by atoms with Crippen molar-refractivity contribution in [3.05, 3.63) is 29.6 Å². The summed E-state index contributed by atoms with van der Waals surface area (Å²) in [6, 6.07) is 3.27. The van der Waals surface area contributed by atoms with Gasteiger partial charge in [0.15, 0.2) is 0 Å². The topological polar surface area (TPSA) is 77.8 Å². The Hall–Kier alpha value is -1.95. The first-order valence-electron chi connectivity index (χ1n) is 5.46. The largest absolute Gasteiger partial charge is 0.478 e. The highest BCUT2D eigenvalue weighted by Gasteiger charge is 2.30. The summed E-state index contributed by atoms with van der Waals surface area (Å²) in [5.74, 6) is -2.38. The van der Waals surface area contributed by atoms with Crippen molar-refractivity contribution in [3.8, 4) is 0 Å². The molecule has 5 nitrogen and oxygen atoms in total. The maximum Gasteiger partial charge on any atom is 0.335 e. The Balaban J connectivity index is 2.34. The molecule has 1 aromatic carbocycles. The second-order valence-corrected chi connectivity index (χ2v) is 4.26. The minimum atomic E-state index is -1.25. The number of aromatic carboxylic acids is 1. The molecule has 1 amide bonds. The third-order valence-electron chi connectivity index (χ3n) is 2.90. The van der Waals surface area contributed by atoms with E-state index in [1.807, 2.05) is 0 Å². The molecule has 6 heteroatoms. The number of hydrogen-bond donors (Lipinski definition) is 2. The summed E-state index contributed by atoms with van der Waals surface area (Å²) in [5, 5.41) is 17.8. The summed E-state index contributed by atoms with van der Waals surface area (Å²) in [6.45, 7) is 0.154. The van der Waals surface area contributed by atoms with Gasteiger partial charge in [0.1, 0.15) is 5.82 Å². The molecule has 2 rings (SSSR count). The molecule has 0 aliphatic carbocycles. The van der Waals surface area contributed by atoms with E-state index in [0.29, 0.717) is 0 Å². The van der Waals surface area contributed by atoms with Crippen molar-refractivity contribution in [2.45, 2.75) is 6.42 Å². The standard InChI is InChI=1S/C12H12FNO4/c13-9-2-8(12(17)18)3-10(4-9)14-5-7(6-15)1-11(14)16/h2-4,7,15H,1,5-6H2,(H,17,18). The van der Waals surface area contributed by atoms with Gasteiger partial charge in [0.2, 0.25) is 5.91 Å². The van der Waals surface area contributed by atoms with Crippen LogP contribution in [0.5, 0.6) is 0 Å². The lowest BCUT2D eigenvalue weighted by molar-refractivity contribution is -0.117. The number of halogens is 1. The molecule has 2 N–H and O–H groups in total. The normalized spacial score (nSPS) is 19.3. The van der Waals surface area contributed by atoms with Crippen LogP contribution in [0.15, 0.2) is 18.2 Å². The molecule has 0 bridgehead atoms. The minimum Gasteiger partial charge on any atom is -0.478 e. The van der Waals surface area contributed by atoms with Gasteiger partial charge in [0, 0.05) is 31.2 Å². The van der Waals surface area contributed by atoms with E-state index in [0.717, 1.165) is 12.1 Å². The Kier molecular flexibility index (Phi) is 3.29. The van der Waals surface area contributed by atoms with Crippen LogP contribution in [0, 0.1) is 11.7 Å². The van der Waals surface area contributed by atoms with Gasteiger partial charge in [-0.25, -0.2) is 9.18 Å². The molecule has 1 fully saturated rings. The summed E-state index contributed by atoms with van der Waals surface area (Å²) in [4.78, 5) is 23.8. The fraction of sp³-hybridized carbons (Fsp3) is 0.333. The summed E-state index contributed by atoms with van der Waals surface area (Å²) >= 11 is 0. The molecule has 0 saturated carbocycles. The summed E-state index contributed by atoms with van der Waals surface area (Å²) < 4.78 is 13.3. The van der Waals surface area contributed by atoms with Crippen LogP contribution >= 0.6 is 0 Å². The van der Waals surface area contributed by atoms with E-state index in [-0.39, 0.29) is 42.6 Å². The van der Waals surface area contributed by atoms with Crippen molar-refractivity contribution in [2.75, 3.05) is 18.1 Å². The Labute approximate surface area is 102 Å². The number of hydrogen-bond acceptors (Lipinski definition) is 3. The highest BCUT2D eigenvalue weighted by molar-refractivity contribution is 5.97. The zero-order valence-corrected chi connectivity index (χ0v) is 9.47. The van der Waals surface area contributed by atoms with Gasteiger partial charge < -0.3 is 15.1 Å². The SMILES string of the molecule is O=C(O)c1cc(F)cc(N2CC(CO)CC2=O)c1.